The lowest BCUT2D eigenvalue weighted by Crippen LogP contribution is -2.33. The number of hydrogen-bond acceptors (Lipinski definition) is 7. The van der Waals surface area contributed by atoms with Crippen molar-refractivity contribution in [1.82, 2.24) is 19.9 Å². The predicted octanol–water partition coefficient (Wildman–Crippen LogP) is 4.12. The fraction of sp³-hybridized carbons (Fsp3) is 0.263. The summed E-state index contributed by atoms with van der Waals surface area (Å²) >= 11 is 6.71. The van der Waals surface area contributed by atoms with Crippen LogP contribution in [0, 0.1) is 0 Å². The number of benzene rings is 1. The van der Waals surface area contributed by atoms with Gasteiger partial charge in [0.15, 0.2) is 0 Å². The van der Waals surface area contributed by atoms with Crippen LogP contribution in [0.1, 0.15) is 36.5 Å². The van der Waals surface area contributed by atoms with Gasteiger partial charge in [-0.1, -0.05) is 35.5 Å². The van der Waals surface area contributed by atoms with Gasteiger partial charge in [0, 0.05) is 11.4 Å². The smallest absolute Gasteiger partial charge is 0.453 e. The average molecular weight is 485 g/mol. The molecule has 2 unspecified atom stereocenters. The predicted molar refractivity (Wildman–Crippen MR) is 111 cm³/mol. The summed E-state index contributed by atoms with van der Waals surface area (Å²) in [5.41, 5.74) is 1.44. The first-order valence-electron chi connectivity index (χ1n) is 9.29. The Kier molecular flexibility index (Phi) is 5.91. The molecule has 3 aromatic rings. The van der Waals surface area contributed by atoms with E-state index in [0.717, 1.165) is 17.3 Å². The van der Waals surface area contributed by atoms with Crippen molar-refractivity contribution < 1.29 is 22.4 Å². The van der Waals surface area contributed by atoms with Crippen molar-refractivity contribution in [3.63, 3.8) is 0 Å². The minimum Gasteiger partial charge on any atom is -0.467 e. The normalized spacial score (nSPS) is 17.5. The topological polar surface area (TPSA) is 103 Å². The molecule has 1 aliphatic heterocycles. The van der Waals surface area contributed by atoms with Crippen molar-refractivity contribution in [1.29, 1.82) is 0 Å². The Balaban J connectivity index is 1.59. The number of carbonyl (C=O) groups is 1. The zero-order valence-electron chi connectivity index (χ0n) is 16.5. The molecule has 2 atom stereocenters. The van der Waals surface area contributed by atoms with Crippen LogP contribution in [-0.4, -0.2) is 36.8 Å². The number of aromatic nitrogens is 3. The molecule has 3 heterocycles. The highest BCUT2D eigenvalue weighted by molar-refractivity contribution is 8.00. The molecule has 0 spiro atoms. The van der Waals surface area contributed by atoms with Gasteiger partial charge in [0.1, 0.15) is 11.8 Å². The third-order valence-corrected chi connectivity index (χ3v) is 6.03. The third-order valence-electron chi connectivity index (χ3n) is 4.73. The Morgan fingerprint density at radius 1 is 1.28 bits per heavy atom. The molecule has 4 rings (SSSR count). The molecule has 8 nitrogen and oxygen atoms in total. The molecule has 32 heavy (non-hydrogen) atoms. The summed E-state index contributed by atoms with van der Waals surface area (Å²) < 4.78 is 44.6. The zero-order valence-corrected chi connectivity index (χ0v) is 18.0. The van der Waals surface area contributed by atoms with E-state index in [4.69, 9.17) is 21.9 Å². The van der Waals surface area contributed by atoms with Gasteiger partial charge in [-0.15, -0.1) is 10.2 Å². The van der Waals surface area contributed by atoms with Gasteiger partial charge < -0.3 is 10.3 Å². The molecule has 1 amide bonds. The zero-order chi connectivity index (χ0) is 23.0. The van der Waals surface area contributed by atoms with E-state index in [9.17, 15) is 18.0 Å². The first kappa shape index (κ1) is 22.2. The number of nitrogens with two attached hydrogens (primary N) is 1. The molecule has 0 radical (unpaired) electrons. The Morgan fingerprint density at radius 3 is 2.59 bits per heavy atom. The molecule has 0 saturated carbocycles. The largest absolute Gasteiger partial charge is 0.467 e. The molecule has 0 fully saturated rings. The second-order valence-electron chi connectivity index (χ2n) is 6.91. The molecule has 2 aromatic heterocycles. The summed E-state index contributed by atoms with van der Waals surface area (Å²) in [6.07, 6.45) is -2.87. The summed E-state index contributed by atoms with van der Waals surface area (Å²) in [5, 5.41) is 11.8. The van der Waals surface area contributed by atoms with E-state index < -0.39 is 29.2 Å². The van der Waals surface area contributed by atoms with E-state index >= 15 is 0 Å². The van der Waals surface area contributed by atoms with E-state index in [1.807, 2.05) is 0 Å². The second kappa shape index (κ2) is 8.51. The Bertz CT molecular complexity index is 1150. The minimum atomic E-state index is -4.76. The number of amides is 1. The highest BCUT2D eigenvalue weighted by Gasteiger charge is 2.40. The fourth-order valence-electron chi connectivity index (χ4n) is 3.18. The van der Waals surface area contributed by atoms with Crippen LogP contribution in [0.25, 0.3) is 0 Å². The van der Waals surface area contributed by atoms with Crippen LogP contribution < -0.4 is 5.84 Å². The molecule has 1 aromatic carbocycles. The SMILES string of the molecule is CC(Sc1nnc(C(F)(F)F)n1N)C(=O)N1N=C(c2ccc(Cl)cc2)CC1c1ccco1. The van der Waals surface area contributed by atoms with Crippen molar-refractivity contribution in [2.45, 2.75) is 36.0 Å². The van der Waals surface area contributed by atoms with E-state index in [2.05, 4.69) is 15.3 Å². The number of furan rings is 1. The maximum Gasteiger partial charge on any atom is 0.453 e. The van der Waals surface area contributed by atoms with Crippen LogP contribution in [0.5, 0.6) is 0 Å². The van der Waals surface area contributed by atoms with Crippen molar-refractivity contribution >= 4 is 35.0 Å². The minimum absolute atomic E-state index is 0.242. The first-order valence-corrected chi connectivity index (χ1v) is 10.5. The molecule has 13 heteroatoms. The van der Waals surface area contributed by atoms with Crippen LogP contribution in [-0.2, 0) is 11.0 Å². The van der Waals surface area contributed by atoms with Gasteiger partial charge in [-0.3, -0.25) is 4.79 Å². The first-order chi connectivity index (χ1) is 15.1. The molecule has 0 aliphatic carbocycles. The summed E-state index contributed by atoms with van der Waals surface area (Å²) in [5.74, 6) is 4.21. The maximum absolute atomic E-state index is 13.2. The molecular formula is C19H16ClF3N6O2S. The van der Waals surface area contributed by atoms with E-state index in [1.165, 1.54) is 18.2 Å². The van der Waals surface area contributed by atoms with Crippen LogP contribution in [0.2, 0.25) is 5.02 Å². The van der Waals surface area contributed by atoms with Gasteiger partial charge in [-0.2, -0.15) is 18.3 Å². The Morgan fingerprint density at radius 2 is 2.00 bits per heavy atom. The van der Waals surface area contributed by atoms with Gasteiger partial charge in [0.25, 0.3) is 11.7 Å². The molecule has 0 bridgehead atoms. The lowest BCUT2D eigenvalue weighted by atomic mass is 10.0. The molecule has 2 N–H and O–H groups in total. The van der Waals surface area contributed by atoms with Crippen LogP contribution >= 0.6 is 23.4 Å². The highest BCUT2D eigenvalue weighted by atomic mass is 35.5. The third kappa shape index (κ3) is 4.32. The fourth-order valence-corrected chi connectivity index (χ4v) is 4.12. The molecular weight excluding hydrogens is 469 g/mol. The molecule has 0 saturated heterocycles. The van der Waals surface area contributed by atoms with Gasteiger partial charge in [-0.05, 0) is 36.8 Å². The van der Waals surface area contributed by atoms with Crippen molar-refractivity contribution in [3.8, 4) is 0 Å². The number of rotatable bonds is 5. The van der Waals surface area contributed by atoms with Gasteiger partial charge in [0.2, 0.25) is 5.16 Å². The number of carbonyl (C=O) groups excluding carboxylic acids is 1. The number of halogens is 4. The van der Waals surface area contributed by atoms with E-state index in [0.29, 0.717) is 27.6 Å². The molecule has 1 aliphatic rings. The summed E-state index contributed by atoms with van der Waals surface area (Å²) in [4.78, 5) is 13.2. The number of hydrogen-bond donors (Lipinski definition) is 1. The van der Waals surface area contributed by atoms with E-state index in [1.54, 1.807) is 36.4 Å². The Hall–Kier alpha value is -2.99. The van der Waals surface area contributed by atoms with Gasteiger partial charge in [0.05, 0.1) is 17.2 Å². The van der Waals surface area contributed by atoms with Crippen LogP contribution in [0.15, 0.2) is 57.3 Å². The Labute approximate surface area is 189 Å². The lowest BCUT2D eigenvalue weighted by molar-refractivity contribution is -0.146. The standard InChI is InChI=1S/C19H16ClF3N6O2S/c1-10(32-18-26-25-17(28(18)24)19(21,22)23)16(30)29-14(15-3-2-8-31-15)9-13(27-29)11-4-6-12(20)7-5-11/h2-8,10,14H,9,24H2,1H3. The van der Waals surface area contributed by atoms with Crippen molar-refractivity contribution in [3.05, 3.63) is 64.8 Å². The highest BCUT2D eigenvalue weighted by Crippen LogP contribution is 2.36. The van der Waals surface area contributed by atoms with Crippen LogP contribution in [0.4, 0.5) is 13.2 Å². The summed E-state index contributed by atoms with van der Waals surface area (Å²) in [7, 11) is 0. The van der Waals surface area contributed by atoms with Gasteiger partial charge >= 0.3 is 6.18 Å². The van der Waals surface area contributed by atoms with Gasteiger partial charge in [-0.25, -0.2) is 9.69 Å². The summed E-state index contributed by atoms with van der Waals surface area (Å²) in [6.45, 7) is 1.53. The molecule has 168 valence electrons. The lowest BCUT2D eigenvalue weighted by Gasteiger charge is -2.22. The quantitative estimate of drug-likeness (QED) is 0.432. The number of hydrazone groups is 1. The summed E-state index contributed by atoms with van der Waals surface area (Å²) in [6, 6.07) is 9.95. The number of nitrogens with zero attached hydrogens (tertiary/aromatic N) is 5. The van der Waals surface area contributed by atoms with Crippen molar-refractivity contribution in [2.24, 2.45) is 5.10 Å². The van der Waals surface area contributed by atoms with Crippen molar-refractivity contribution in [2.75, 3.05) is 5.84 Å². The number of alkyl halides is 3. The van der Waals surface area contributed by atoms with E-state index in [-0.39, 0.29) is 5.16 Å². The number of nitrogen functional groups attached to an aromatic ring is 1. The second-order valence-corrected chi connectivity index (χ2v) is 8.65. The average Bonchev–Trinajstić information content (AvgIpc) is 3.47. The monoisotopic (exact) mass is 484 g/mol. The maximum atomic E-state index is 13.2. The van der Waals surface area contributed by atoms with Crippen LogP contribution in [0.3, 0.4) is 0 Å². The number of thioether (sulfide) groups is 1.